The smallest absolute Gasteiger partial charge is 0.295 e. The lowest BCUT2D eigenvalue weighted by Gasteiger charge is -2.27. The van der Waals surface area contributed by atoms with E-state index in [0.717, 1.165) is 12.8 Å². The Morgan fingerprint density at radius 3 is 2.59 bits per heavy atom. The molecule has 0 spiro atoms. The van der Waals surface area contributed by atoms with Gasteiger partial charge in [0.2, 0.25) is 0 Å². The van der Waals surface area contributed by atoms with Gasteiger partial charge in [-0.1, -0.05) is 23.7 Å². The number of Topliss-reactive ketones (excluding diaryl/α,β-unsaturated/α-hetero) is 1. The number of phenolic OH excluding ortho intramolecular Hbond substituents is 1. The summed E-state index contributed by atoms with van der Waals surface area (Å²) >= 11 is 5.92. The number of hydrogen-bond acceptors (Lipinski definition) is 5. The number of carbonyl (C=O) groups is 2. The number of carbonyl (C=O) groups excluding carboxylic acids is 2. The lowest BCUT2D eigenvalue weighted by molar-refractivity contribution is -0.140. The molecule has 2 fully saturated rings. The summed E-state index contributed by atoms with van der Waals surface area (Å²) in [4.78, 5) is 27.2. The molecule has 0 aromatic heterocycles. The average molecular weight is 414 g/mol. The largest absolute Gasteiger partial charge is 0.508 e. The molecular formula is C22H20ClNO5. The highest BCUT2D eigenvalue weighted by Gasteiger charge is 2.47. The zero-order valence-corrected chi connectivity index (χ0v) is 16.3. The zero-order valence-electron chi connectivity index (χ0n) is 15.5. The van der Waals surface area contributed by atoms with Crippen LogP contribution < -0.4 is 0 Å². The first-order valence-electron chi connectivity index (χ1n) is 9.40. The molecule has 0 radical (unpaired) electrons. The van der Waals surface area contributed by atoms with Gasteiger partial charge >= 0.3 is 0 Å². The number of aliphatic hydroxyl groups is 1. The molecular weight excluding hydrogens is 394 g/mol. The van der Waals surface area contributed by atoms with E-state index >= 15 is 0 Å². The number of hydrogen-bond donors (Lipinski definition) is 2. The highest BCUT2D eigenvalue weighted by molar-refractivity contribution is 6.46. The standard InChI is InChI=1S/C22H20ClNO5/c23-15-8-6-13(7-9-15)20(26)18-19(14-3-1-4-16(25)11-14)24(22(28)21(18)27)12-17-5-2-10-29-17/h1,3-4,6-9,11,17,19,25-26H,2,5,10,12H2/t17-,19-/m1/s1. The highest BCUT2D eigenvalue weighted by Crippen LogP contribution is 2.40. The van der Waals surface area contributed by atoms with E-state index in [-0.39, 0.29) is 29.7 Å². The minimum Gasteiger partial charge on any atom is -0.508 e. The molecule has 1 amide bonds. The molecule has 6 nitrogen and oxygen atoms in total. The Kier molecular flexibility index (Phi) is 5.30. The second-order valence-corrected chi connectivity index (χ2v) is 7.62. The molecule has 2 aromatic carbocycles. The quantitative estimate of drug-likeness (QED) is 0.454. The van der Waals surface area contributed by atoms with Gasteiger partial charge < -0.3 is 19.8 Å². The Labute approximate surface area is 173 Å². The van der Waals surface area contributed by atoms with Crippen molar-refractivity contribution in [1.82, 2.24) is 4.90 Å². The number of benzene rings is 2. The third-order valence-electron chi connectivity index (χ3n) is 5.27. The van der Waals surface area contributed by atoms with E-state index in [9.17, 15) is 19.8 Å². The van der Waals surface area contributed by atoms with Gasteiger partial charge in [-0.2, -0.15) is 0 Å². The summed E-state index contributed by atoms with van der Waals surface area (Å²) in [6.45, 7) is 0.860. The van der Waals surface area contributed by atoms with Crippen molar-refractivity contribution in [2.24, 2.45) is 0 Å². The number of aliphatic hydroxyl groups excluding tert-OH is 1. The summed E-state index contributed by atoms with van der Waals surface area (Å²) < 4.78 is 5.65. The van der Waals surface area contributed by atoms with Crippen molar-refractivity contribution in [2.45, 2.75) is 25.0 Å². The molecule has 2 atom stereocenters. The number of aromatic hydroxyl groups is 1. The number of nitrogens with zero attached hydrogens (tertiary/aromatic N) is 1. The number of ether oxygens (including phenoxy) is 1. The van der Waals surface area contributed by atoms with Crippen molar-refractivity contribution in [1.29, 1.82) is 0 Å². The third kappa shape index (κ3) is 3.73. The molecule has 0 aliphatic carbocycles. The topological polar surface area (TPSA) is 87.1 Å². The molecule has 2 aromatic rings. The van der Waals surface area contributed by atoms with Crippen LogP contribution in [0.3, 0.4) is 0 Å². The zero-order chi connectivity index (χ0) is 20.5. The first-order chi connectivity index (χ1) is 14.0. The Morgan fingerprint density at radius 2 is 1.93 bits per heavy atom. The molecule has 2 saturated heterocycles. The van der Waals surface area contributed by atoms with Crippen molar-refractivity contribution in [3.63, 3.8) is 0 Å². The van der Waals surface area contributed by atoms with Crippen LogP contribution in [0.4, 0.5) is 0 Å². The van der Waals surface area contributed by atoms with E-state index in [0.29, 0.717) is 22.8 Å². The first-order valence-corrected chi connectivity index (χ1v) is 9.78. The maximum atomic E-state index is 12.9. The fourth-order valence-corrected chi connectivity index (χ4v) is 4.01. The predicted molar refractivity (Wildman–Crippen MR) is 108 cm³/mol. The Morgan fingerprint density at radius 1 is 1.17 bits per heavy atom. The number of amides is 1. The van der Waals surface area contributed by atoms with Crippen molar-refractivity contribution >= 4 is 29.1 Å². The lowest BCUT2D eigenvalue weighted by Crippen LogP contribution is -2.36. The molecule has 0 unspecified atom stereocenters. The lowest BCUT2D eigenvalue weighted by atomic mass is 9.95. The van der Waals surface area contributed by atoms with Crippen LogP contribution in [0, 0.1) is 0 Å². The van der Waals surface area contributed by atoms with Crippen molar-refractivity contribution in [3.05, 3.63) is 70.3 Å². The van der Waals surface area contributed by atoms with Crippen LogP contribution in [0.2, 0.25) is 5.02 Å². The molecule has 2 N–H and O–H groups in total. The summed E-state index contributed by atoms with van der Waals surface area (Å²) in [6.07, 6.45) is 1.53. The first kappa shape index (κ1) is 19.5. The van der Waals surface area contributed by atoms with Gasteiger partial charge in [0.1, 0.15) is 11.5 Å². The average Bonchev–Trinajstić information content (AvgIpc) is 3.30. The Bertz CT molecular complexity index is 979. The van der Waals surface area contributed by atoms with Gasteiger partial charge in [-0.15, -0.1) is 0 Å². The maximum absolute atomic E-state index is 12.9. The summed E-state index contributed by atoms with van der Waals surface area (Å²) in [5, 5.41) is 21.4. The van der Waals surface area contributed by atoms with Gasteiger partial charge in [0.15, 0.2) is 0 Å². The van der Waals surface area contributed by atoms with E-state index in [1.807, 2.05) is 0 Å². The van der Waals surface area contributed by atoms with E-state index < -0.39 is 17.7 Å². The SMILES string of the molecule is O=C1C(=O)N(C[C@H]2CCCO2)[C@H](c2cccc(O)c2)C1=C(O)c1ccc(Cl)cc1. The van der Waals surface area contributed by atoms with E-state index in [2.05, 4.69) is 0 Å². The number of phenols is 1. The van der Waals surface area contributed by atoms with Crippen LogP contribution in [0.5, 0.6) is 5.75 Å². The molecule has 150 valence electrons. The minimum absolute atomic E-state index is 0.0108. The molecule has 7 heteroatoms. The maximum Gasteiger partial charge on any atom is 0.295 e. The predicted octanol–water partition coefficient (Wildman–Crippen LogP) is 3.65. The number of rotatable bonds is 4. The van der Waals surface area contributed by atoms with Crippen LogP contribution in [-0.4, -0.2) is 46.1 Å². The van der Waals surface area contributed by atoms with Crippen LogP contribution in [0.1, 0.15) is 30.0 Å². The minimum atomic E-state index is -0.818. The molecule has 2 heterocycles. The van der Waals surface area contributed by atoms with Crippen LogP contribution >= 0.6 is 11.6 Å². The Hall–Kier alpha value is -2.83. The van der Waals surface area contributed by atoms with Gasteiger partial charge in [-0.25, -0.2) is 0 Å². The van der Waals surface area contributed by atoms with Gasteiger partial charge in [0.05, 0.1) is 17.7 Å². The van der Waals surface area contributed by atoms with Gasteiger partial charge in [-0.05, 0) is 54.8 Å². The van der Waals surface area contributed by atoms with Gasteiger partial charge in [0.25, 0.3) is 11.7 Å². The summed E-state index contributed by atoms with van der Waals surface area (Å²) in [5.74, 6) is -1.71. The van der Waals surface area contributed by atoms with E-state index in [1.54, 1.807) is 36.4 Å². The highest BCUT2D eigenvalue weighted by atomic mass is 35.5. The molecule has 2 aliphatic heterocycles. The Balaban J connectivity index is 1.83. The fourth-order valence-electron chi connectivity index (χ4n) is 3.88. The fraction of sp³-hybridized carbons (Fsp3) is 0.273. The number of halogens is 1. The number of ketones is 1. The van der Waals surface area contributed by atoms with Crippen molar-refractivity contribution < 1.29 is 24.5 Å². The van der Waals surface area contributed by atoms with Crippen LogP contribution in [-0.2, 0) is 14.3 Å². The normalized spacial score (nSPS) is 23.7. The van der Waals surface area contributed by atoms with Crippen molar-refractivity contribution in [2.75, 3.05) is 13.2 Å². The summed E-state index contributed by atoms with van der Waals surface area (Å²) in [5.41, 5.74) is 0.910. The third-order valence-corrected chi connectivity index (χ3v) is 5.52. The van der Waals surface area contributed by atoms with Crippen LogP contribution in [0.25, 0.3) is 5.76 Å². The number of likely N-dealkylation sites (tertiary alicyclic amines) is 1. The van der Waals surface area contributed by atoms with Gasteiger partial charge in [0, 0.05) is 23.7 Å². The summed E-state index contributed by atoms with van der Waals surface area (Å²) in [6, 6.07) is 11.9. The second-order valence-electron chi connectivity index (χ2n) is 7.19. The molecule has 29 heavy (non-hydrogen) atoms. The van der Waals surface area contributed by atoms with E-state index in [4.69, 9.17) is 16.3 Å². The van der Waals surface area contributed by atoms with Crippen molar-refractivity contribution in [3.8, 4) is 5.75 Å². The van der Waals surface area contributed by atoms with Crippen LogP contribution in [0.15, 0.2) is 54.1 Å². The van der Waals surface area contributed by atoms with Gasteiger partial charge in [-0.3, -0.25) is 9.59 Å². The molecule has 2 aliphatic rings. The summed E-state index contributed by atoms with van der Waals surface area (Å²) in [7, 11) is 0. The second kappa shape index (κ2) is 7.89. The van der Waals surface area contributed by atoms with E-state index in [1.165, 1.54) is 17.0 Å². The molecule has 0 saturated carbocycles. The monoisotopic (exact) mass is 413 g/mol. The molecule has 0 bridgehead atoms. The molecule has 4 rings (SSSR count).